The highest BCUT2D eigenvalue weighted by atomic mass is 16.5. The predicted octanol–water partition coefficient (Wildman–Crippen LogP) is 4.49. The number of hydrogen-bond donors (Lipinski definition) is 1. The molecule has 1 N–H and O–H groups in total. The molecule has 154 valence electrons. The van der Waals surface area contributed by atoms with Gasteiger partial charge in [-0.15, -0.1) is 0 Å². The molecule has 1 unspecified atom stereocenters. The third-order valence-electron chi connectivity index (χ3n) is 4.87. The number of nitrogens with zero attached hydrogens (tertiary/aromatic N) is 2. The number of fused-ring (bicyclic) bond motifs is 1. The number of para-hydroxylation sites is 4. The lowest BCUT2D eigenvalue weighted by atomic mass is 10.2. The maximum atomic E-state index is 11.8. The number of carbonyl (C=O) groups excluding carboxylic acids is 1. The SMILES string of the molecule is CCC(=O)NC(C)c1nc2ccccc2n1CCCCOc1ccccc1OC. The number of rotatable bonds is 10. The van der Waals surface area contributed by atoms with Crippen molar-refractivity contribution in [2.75, 3.05) is 13.7 Å². The summed E-state index contributed by atoms with van der Waals surface area (Å²) in [6.07, 6.45) is 2.31. The van der Waals surface area contributed by atoms with Gasteiger partial charge in [0.05, 0.1) is 30.8 Å². The number of carbonyl (C=O) groups is 1. The predicted molar refractivity (Wildman–Crippen MR) is 114 cm³/mol. The van der Waals surface area contributed by atoms with Gasteiger partial charge in [-0.05, 0) is 44.0 Å². The zero-order chi connectivity index (χ0) is 20.6. The topological polar surface area (TPSA) is 65.4 Å². The molecule has 0 saturated carbocycles. The average Bonchev–Trinajstić information content (AvgIpc) is 3.12. The molecule has 0 aliphatic carbocycles. The monoisotopic (exact) mass is 395 g/mol. The van der Waals surface area contributed by atoms with Crippen LogP contribution in [0.1, 0.15) is 45.0 Å². The number of methoxy groups -OCH3 is 1. The van der Waals surface area contributed by atoms with E-state index in [0.29, 0.717) is 13.0 Å². The molecule has 29 heavy (non-hydrogen) atoms. The van der Waals surface area contributed by atoms with Gasteiger partial charge in [-0.1, -0.05) is 31.2 Å². The quantitative estimate of drug-likeness (QED) is 0.514. The lowest BCUT2D eigenvalue weighted by molar-refractivity contribution is -0.121. The number of aromatic nitrogens is 2. The molecular weight excluding hydrogens is 366 g/mol. The van der Waals surface area contributed by atoms with Gasteiger partial charge in [0, 0.05) is 13.0 Å². The number of amides is 1. The van der Waals surface area contributed by atoms with Gasteiger partial charge in [-0.25, -0.2) is 4.98 Å². The van der Waals surface area contributed by atoms with E-state index in [1.807, 2.05) is 56.3 Å². The van der Waals surface area contributed by atoms with Crippen LogP contribution >= 0.6 is 0 Å². The van der Waals surface area contributed by atoms with Gasteiger partial charge in [-0.3, -0.25) is 4.79 Å². The number of imidazole rings is 1. The highest BCUT2D eigenvalue weighted by Crippen LogP contribution is 2.26. The largest absolute Gasteiger partial charge is 0.493 e. The first-order valence-corrected chi connectivity index (χ1v) is 10.1. The van der Waals surface area contributed by atoms with Gasteiger partial charge >= 0.3 is 0 Å². The summed E-state index contributed by atoms with van der Waals surface area (Å²) in [6.45, 7) is 5.27. The molecule has 1 heterocycles. The van der Waals surface area contributed by atoms with Crippen molar-refractivity contribution in [3.8, 4) is 11.5 Å². The Balaban J connectivity index is 1.64. The number of hydrogen-bond acceptors (Lipinski definition) is 4. The Hall–Kier alpha value is -3.02. The van der Waals surface area contributed by atoms with Crippen molar-refractivity contribution in [2.45, 2.75) is 45.7 Å². The standard InChI is InChI=1S/C23H29N3O3/c1-4-22(27)24-17(2)23-25-18-11-5-6-12-19(18)26(23)15-9-10-16-29-21-14-8-7-13-20(21)28-3/h5-8,11-14,17H,4,9-10,15-16H2,1-3H3,(H,24,27). The van der Waals surface area contributed by atoms with E-state index in [1.54, 1.807) is 7.11 Å². The van der Waals surface area contributed by atoms with E-state index < -0.39 is 0 Å². The molecule has 0 fully saturated rings. The Labute approximate surface area is 171 Å². The summed E-state index contributed by atoms with van der Waals surface area (Å²) in [5.41, 5.74) is 2.04. The van der Waals surface area contributed by atoms with E-state index in [9.17, 15) is 4.79 Å². The smallest absolute Gasteiger partial charge is 0.220 e. The maximum absolute atomic E-state index is 11.8. The van der Waals surface area contributed by atoms with Crippen molar-refractivity contribution in [1.82, 2.24) is 14.9 Å². The van der Waals surface area contributed by atoms with Crippen LogP contribution < -0.4 is 14.8 Å². The van der Waals surface area contributed by atoms with Gasteiger partial charge in [-0.2, -0.15) is 0 Å². The molecule has 2 aromatic carbocycles. The number of nitrogens with one attached hydrogen (secondary N) is 1. The van der Waals surface area contributed by atoms with E-state index in [2.05, 4.69) is 16.0 Å². The molecule has 0 aliphatic heterocycles. The lowest BCUT2D eigenvalue weighted by Gasteiger charge is -2.16. The summed E-state index contributed by atoms with van der Waals surface area (Å²) in [6, 6.07) is 15.6. The Kier molecular flexibility index (Phi) is 7.11. The van der Waals surface area contributed by atoms with Crippen molar-refractivity contribution < 1.29 is 14.3 Å². The molecule has 3 rings (SSSR count). The minimum absolute atomic E-state index is 0.0290. The Morgan fingerprint density at radius 2 is 1.83 bits per heavy atom. The molecule has 6 heteroatoms. The highest BCUT2D eigenvalue weighted by Gasteiger charge is 2.17. The van der Waals surface area contributed by atoms with Crippen molar-refractivity contribution in [2.24, 2.45) is 0 Å². The first-order chi connectivity index (χ1) is 14.1. The molecule has 0 radical (unpaired) electrons. The maximum Gasteiger partial charge on any atom is 0.220 e. The molecular formula is C23H29N3O3. The van der Waals surface area contributed by atoms with Crippen LogP contribution in [0.25, 0.3) is 11.0 Å². The van der Waals surface area contributed by atoms with Crippen LogP contribution in [0.4, 0.5) is 0 Å². The summed E-state index contributed by atoms with van der Waals surface area (Å²) < 4.78 is 13.4. The molecule has 0 bridgehead atoms. The molecule has 1 aromatic heterocycles. The van der Waals surface area contributed by atoms with Gasteiger partial charge in [0.2, 0.25) is 5.91 Å². The van der Waals surface area contributed by atoms with Gasteiger partial charge in [0.15, 0.2) is 11.5 Å². The zero-order valence-corrected chi connectivity index (χ0v) is 17.4. The molecule has 6 nitrogen and oxygen atoms in total. The number of unbranched alkanes of at least 4 members (excludes halogenated alkanes) is 1. The zero-order valence-electron chi connectivity index (χ0n) is 17.4. The van der Waals surface area contributed by atoms with Crippen LogP contribution in [0, 0.1) is 0 Å². The number of ether oxygens (including phenoxy) is 2. The molecule has 0 spiro atoms. The molecule has 1 amide bonds. The second-order valence-corrected chi connectivity index (χ2v) is 6.96. The molecule has 0 aliphatic rings. The molecule has 1 atom stereocenters. The first kappa shape index (κ1) is 20.7. The van der Waals surface area contributed by atoms with Crippen molar-refractivity contribution in [1.29, 1.82) is 0 Å². The van der Waals surface area contributed by atoms with Gasteiger partial charge < -0.3 is 19.4 Å². The van der Waals surface area contributed by atoms with Crippen molar-refractivity contribution in [3.05, 3.63) is 54.4 Å². The summed E-state index contributed by atoms with van der Waals surface area (Å²) in [5.74, 6) is 2.43. The van der Waals surface area contributed by atoms with Crippen LogP contribution in [0.5, 0.6) is 11.5 Å². The van der Waals surface area contributed by atoms with E-state index in [4.69, 9.17) is 14.5 Å². The van der Waals surface area contributed by atoms with Crippen LogP contribution in [0.15, 0.2) is 48.5 Å². The average molecular weight is 396 g/mol. The normalized spacial score (nSPS) is 12.0. The van der Waals surface area contributed by atoms with E-state index in [0.717, 1.165) is 47.7 Å². The number of aryl methyl sites for hydroxylation is 1. The third-order valence-corrected chi connectivity index (χ3v) is 4.87. The minimum atomic E-state index is -0.139. The summed E-state index contributed by atoms with van der Waals surface area (Å²) in [4.78, 5) is 16.6. The molecule has 0 saturated heterocycles. The van der Waals surface area contributed by atoms with Crippen molar-refractivity contribution in [3.63, 3.8) is 0 Å². The fourth-order valence-corrected chi connectivity index (χ4v) is 3.36. The Morgan fingerprint density at radius 3 is 2.59 bits per heavy atom. The van der Waals surface area contributed by atoms with Crippen LogP contribution in [-0.4, -0.2) is 29.2 Å². The van der Waals surface area contributed by atoms with E-state index in [-0.39, 0.29) is 11.9 Å². The third kappa shape index (κ3) is 5.08. The van der Waals surface area contributed by atoms with Crippen LogP contribution in [0.2, 0.25) is 0 Å². The fourth-order valence-electron chi connectivity index (χ4n) is 3.36. The van der Waals surface area contributed by atoms with Crippen molar-refractivity contribution >= 4 is 16.9 Å². The molecule has 3 aromatic rings. The second kappa shape index (κ2) is 9.96. The van der Waals surface area contributed by atoms with E-state index >= 15 is 0 Å². The summed E-state index contributed by atoms with van der Waals surface area (Å²) in [7, 11) is 1.65. The van der Waals surface area contributed by atoms with Crippen LogP contribution in [-0.2, 0) is 11.3 Å². The fraction of sp³-hybridized carbons (Fsp3) is 0.391. The Morgan fingerprint density at radius 1 is 1.10 bits per heavy atom. The number of benzene rings is 2. The lowest BCUT2D eigenvalue weighted by Crippen LogP contribution is -2.28. The first-order valence-electron chi connectivity index (χ1n) is 10.1. The second-order valence-electron chi connectivity index (χ2n) is 6.96. The van der Waals surface area contributed by atoms with Crippen LogP contribution in [0.3, 0.4) is 0 Å². The van der Waals surface area contributed by atoms with E-state index in [1.165, 1.54) is 0 Å². The highest BCUT2D eigenvalue weighted by molar-refractivity contribution is 5.77. The van der Waals surface area contributed by atoms with Gasteiger partial charge in [0.25, 0.3) is 0 Å². The summed E-state index contributed by atoms with van der Waals surface area (Å²) in [5, 5.41) is 3.02. The minimum Gasteiger partial charge on any atom is -0.493 e. The summed E-state index contributed by atoms with van der Waals surface area (Å²) >= 11 is 0. The Bertz CT molecular complexity index is 951. The van der Waals surface area contributed by atoms with Gasteiger partial charge in [0.1, 0.15) is 5.82 Å².